The van der Waals surface area contributed by atoms with Crippen LogP contribution in [0.3, 0.4) is 0 Å². The predicted octanol–water partition coefficient (Wildman–Crippen LogP) is 4.34. The van der Waals surface area contributed by atoms with Crippen molar-refractivity contribution in [2.45, 2.75) is 31.8 Å². The maximum Gasteiger partial charge on any atom is 0.305 e. The Morgan fingerprint density at radius 2 is 1.82 bits per heavy atom. The molecule has 0 spiro atoms. The maximum absolute atomic E-state index is 11.7. The first kappa shape index (κ1) is 24.0. The van der Waals surface area contributed by atoms with Crippen LogP contribution in [0.15, 0.2) is 65.5 Å². The molecule has 4 rings (SSSR count). The molecule has 0 saturated heterocycles. The van der Waals surface area contributed by atoms with Crippen LogP contribution in [-0.4, -0.2) is 35.4 Å². The number of ether oxygens (including phenoxy) is 1. The molecular weight excluding hydrogens is 448 g/mol. The highest BCUT2D eigenvalue weighted by molar-refractivity contribution is 7.16. The third kappa shape index (κ3) is 5.86. The van der Waals surface area contributed by atoms with Crippen molar-refractivity contribution in [1.29, 1.82) is 0 Å². The van der Waals surface area contributed by atoms with Crippen LogP contribution in [0.4, 0.5) is 0 Å². The van der Waals surface area contributed by atoms with Gasteiger partial charge in [-0.2, -0.15) is 0 Å². The third-order valence-corrected chi connectivity index (χ3v) is 6.90. The van der Waals surface area contributed by atoms with Gasteiger partial charge in [0.2, 0.25) is 0 Å². The number of phenols is 1. The zero-order valence-electron chi connectivity index (χ0n) is 19.2. The van der Waals surface area contributed by atoms with E-state index in [9.17, 15) is 15.0 Å². The highest BCUT2D eigenvalue weighted by Gasteiger charge is 2.16. The second-order valence-electron chi connectivity index (χ2n) is 8.35. The van der Waals surface area contributed by atoms with Crippen LogP contribution < -0.4 is 14.9 Å². The van der Waals surface area contributed by atoms with Crippen molar-refractivity contribution >= 4 is 21.6 Å². The van der Waals surface area contributed by atoms with Crippen LogP contribution in [0.1, 0.15) is 34.8 Å². The van der Waals surface area contributed by atoms with Crippen molar-refractivity contribution in [3.63, 3.8) is 0 Å². The molecule has 0 radical (unpaired) electrons. The quantitative estimate of drug-likeness (QED) is 0.241. The van der Waals surface area contributed by atoms with Crippen molar-refractivity contribution in [2.24, 2.45) is 0 Å². The Morgan fingerprint density at radius 3 is 2.65 bits per heavy atom. The van der Waals surface area contributed by atoms with E-state index >= 15 is 0 Å². The number of aromatic hydroxyl groups is 1. The zero-order chi connectivity index (χ0) is 23.9. The molecule has 1 heterocycles. The Kier molecular flexibility index (Phi) is 8.00. The summed E-state index contributed by atoms with van der Waals surface area (Å²) in [4.78, 5) is 14.0. The molecule has 1 atom stereocenters. The lowest BCUT2D eigenvalue weighted by molar-refractivity contribution is 0.176. The summed E-state index contributed by atoms with van der Waals surface area (Å²) < 4.78 is 6.04. The fraction of sp³-hybridized carbons (Fsp3) is 0.296. The van der Waals surface area contributed by atoms with E-state index in [2.05, 4.69) is 40.6 Å². The molecule has 4 N–H and O–H groups in total. The summed E-state index contributed by atoms with van der Waals surface area (Å²) in [6.45, 7) is 1.09. The normalized spacial score (nSPS) is 12.2. The van der Waals surface area contributed by atoms with Gasteiger partial charge >= 0.3 is 4.87 Å². The van der Waals surface area contributed by atoms with E-state index in [1.807, 2.05) is 18.2 Å². The number of phenolic OH excluding ortho intramolecular Hbond substituents is 1. The zero-order valence-corrected chi connectivity index (χ0v) is 20.0. The fourth-order valence-electron chi connectivity index (χ4n) is 4.22. The van der Waals surface area contributed by atoms with Gasteiger partial charge < -0.3 is 25.3 Å². The first-order valence-electron chi connectivity index (χ1n) is 11.5. The lowest BCUT2D eigenvalue weighted by Gasteiger charge is -2.14. The summed E-state index contributed by atoms with van der Waals surface area (Å²) >= 11 is 1.000. The van der Waals surface area contributed by atoms with E-state index in [0.717, 1.165) is 49.3 Å². The Balaban J connectivity index is 1.26. The van der Waals surface area contributed by atoms with E-state index in [-0.39, 0.29) is 10.6 Å². The highest BCUT2D eigenvalue weighted by atomic mass is 32.1. The Bertz CT molecular complexity index is 1300. The van der Waals surface area contributed by atoms with Gasteiger partial charge in [-0.3, -0.25) is 4.79 Å². The highest BCUT2D eigenvalue weighted by Crippen LogP contribution is 2.31. The van der Waals surface area contributed by atoms with Gasteiger partial charge in [-0.25, -0.2) is 0 Å². The number of aromatic amines is 1. The smallest absolute Gasteiger partial charge is 0.305 e. The van der Waals surface area contributed by atoms with Crippen molar-refractivity contribution < 1.29 is 14.9 Å². The second-order valence-corrected chi connectivity index (χ2v) is 9.33. The third-order valence-electron chi connectivity index (χ3n) is 5.97. The van der Waals surface area contributed by atoms with Gasteiger partial charge in [-0.1, -0.05) is 59.9 Å². The van der Waals surface area contributed by atoms with Gasteiger partial charge in [0.15, 0.2) is 0 Å². The van der Waals surface area contributed by atoms with Gasteiger partial charge in [-0.05, 0) is 61.1 Å². The molecule has 0 fully saturated rings. The number of thiazole rings is 1. The molecule has 0 amide bonds. The Hall–Kier alpha value is -3.13. The number of hydrogen-bond donors (Lipinski definition) is 4. The summed E-state index contributed by atoms with van der Waals surface area (Å²) in [5, 5.41) is 23.9. The van der Waals surface area contributed by atoms with Gasteiger partial charge in [0.25, 0.3) is 0 Å². The molecule has 7 heteroatoms. The minimum Gasteiger partial charge on any atom is -0.506 e. The number of methoxy groups -OCH3 is 1. The summed E-state index contributed by atoms with van der Waals surface area (Å²) in [5.74, 6) is 0.961. The molecule has 178 valence electrons. The number of aromatic nitrogens is 1. The molecule has 0 unspecified atom stereocenters. The van der Waals surface area contributed by atoms with Crippen LogP contribution >= 0.6 is 11.3 Å². The topological polar surface area (TPSA) is 94.6 Å². The summed E-state index contributed by atoms with van der Waals surface area (Å²) in [5.41, 5.74) is 4.84. The number of aliphatic hydroxyl groups is 1. The molecule has 0 aliphatic rings. The first-order valence-corrected chi connectivity index (χ1v) is 12.3. The van der Waals surface area contributed by atoms with Crippen molar-refractivity contribution in [3.05, 3.63) is 92.6 Å². The molecule has 0 bridgehead atoms. The van der Waals surface area contributed by atoms with Crippen LogP contribution in [0.2, 0.25) is 0 Å². The standard InChI is InChI=1S/C27H30N2O4S/c1-33-24-11-3-2-9-20(24)10-5-8-18-6-4-7-19(16-18)14-15-28-17-23(31)21-12-13-22(30)25-26(21)34-27(32)29-25/h2-4,6-7,9,11-13,16,23,28,30-31H,5,8,10,14-15,17H2,1H3,(H,29,32)/t23-/m0/s1. The van der Waals surface area contributed by atoms with Crippen LogP contribution in [0.25, 0.3) is 10.2 Å². The molecular formula is C27H30N2O4S. The molecule has 1 aromatic heterocycles. The van der Waals surface area contributed by atoms with Gasteiger partial charge in [0, 0.05) is 12.1 Å². The van der Waals surface area contributed by atoms with Crippen molar-refractivity contribution in [1.82, 2.24) is 10.3 Å². The number of para-hydroxylation sites is 1. The van der Waals surface area contributed by atoms with Gasteiger partial charge in [-0.15, -0.1) is 0 Å². The molecule has 3 aromatic carbocycles. The van der Waals surface area contributed by atoms with Crippen LogP contribution in [0.5, 0.6) is 11.5 Å². The SMILES string of the molecule is COc1ccccc1CCCc1cccc(CCNC[C@H](O)c2ccc(O)c3[nH]c(=O)sc23)c1. The average molecular weight is 479 g/mol. The van der Waals surface area contributed by atoms with Crippen LogP contribution in [-0.2, 0) is 19.3 Å². The predicted molar refractivity (Wildman–Crippen MR) is 137 cm³/mol. The first-order chi connectivity index (χ1) is 16.5. The Labute approximate surface area is 202 Å². The molecule has 0 aliphatic heterocycles. The van der Waals surface area contributed by atoms with E-state index in [1.165, 1.54) is 22.8 Å². The monoisotopic (exact) mass is 478 g/mol. The number of aliphatic hydroxyl groups excluding tert-OH is 1. The number of fused-ring (bicyclic) bond motifs is 1. The molecule has 6 nitrogen and oxygen atoms in total. The number of rotatable bonds is 11. The molecule has 0 saturated carbocycles. The molecule has 0 aliphatic carbocycles. The maximum atomic E-state index is 11.7. The number of hydrogen-bond acceptors (Lipinski definition) is 6. The van der Waals surface area contributed by atoms with E-state index < -0.39 is 6.10 Å². The van der Waals surface area contributed by atoms with Crippen molar-refractivity contribution in [2.75, 3.05) is 20.2 Å². The molecule has 4 aromatic rings. The fourth-order valence-corrected chi connectivity index (χ4v) is 5.13. The second kappa shape index (κ2) is 11.3. The lowest BCUT2D eigenvalue weighted by atomic mass is 10.0. The van der Waals surface area contributed by atoms with Gasteiger partial charge in [0.05, 0.1) is 17.9 Å². The summed E-state index contributed by atoms with van der Waals surface area (Å²) in [6.07, 6.45) is 3.13. The summed E-state index contributed by atoms with van der Waals surface area (Å²) in [7, 11) is 1.71. The van der Waals surface area contributed by atoms with E-state index in [1.54, 1.807) is 13.2 Å². The minimum atomic E-state index is -0.768. The van der Waals surface area contributed by atoms with E-state index in [0.29, 0.717) is 22.3 Å². The number of H-pyrrole nitrogens is 1. The van der Waals surface area contributed by atoms with E-state index in [4.69, 9.17) is 4.74 Å². The van der Waals surface area contributed by atoms with Crippen LogP contribution in [0, 0.1) is 0 Å². The average Bonchev–Trinajstić information content (AvgIpc) is 3.25. The van der Waals surface area contributed by atoms with Crippen molar-refractivity contribution in [3.8, 4) is 11.5 Å². The largest absolute Gasteiger partial charge is 0.506 e. The Morgan fingerprint density at radius 1 is 1.03 bits per heavy atom. The minimum absolute atomic E-state index is 0.0139. The van der Waals surface area contributed by atoms with Gasteiger partial charge in [0.1, 0.15) is 17.0 Å². The lowest BCUT2D eigenvalue weighted by Crippen LogP contribution is -2.23. The molecule has 34 heavy (non-hydrogen) atoms. The number of aryl methyl sites for hydroxylation is 2. The summed E-state index contributed by atoms with van der Waals surface area (Å²) in [6, 6.07) is 20.0. The number of benzene rings is 3. The number of nitrogens with one attached hydrogen (secondary N) is 2.